The van der Waals surface area contributed by atoms with E-state index < -0.39 is 18.5 Å². The summed E-state index contributed by atoms with van der Waals surface area (Å²) in [5.74, 6) is -1.66. The van der Waals surface area contributed by atoms with E-state index >= 15 is 0 Å². The second-order valence-corrected chi connectivity index (χ2v) is 6.27. The van der Waals surface area contributed by atoms with Gasteiger partial charge in [-0.05, 0) is 37.1 Å². The Morgan fingerprint density at radius 2 is 1.82 bits per heavy atom. The average molecular weight is 380 g/mol. The van der Waals surface area contributed by atoms with Crippen LogP contribution in [0, 0.1) is 13.8 Å². The van der Waals surface area contributed by atoms with E-state index in [0.29, 0.717) is 16.6 Å². The molecule has 0 atom stereocenters. The van der Waals surface area contributed by atoms with E-state index in [1.54, 1.807) is 24.3 Å². The number of carbonyl (C=O) groups excluding carboxylic acids is 3. The maximum atomic E-state index is 12.1. The number of aromatic nitrogens is 2. The number of hydrogen-bond acceptors (Lipinski definition) is 5. The molecule has 2 amide bonds. The van der Waals surface area contributed by atoms with Gasteiger partial charge < -0.3 is 15.4 Å². The van der Waals surface area contributed by atoms with Crippen molar-refractivity contribution in [1.82, 2.24) is 15.5 Å². The number of H-pyrrole nitrogens is 1. The number of esters is 1. The van der Waals surface area contributed by atoms with Crippen LogP contribution in [0.15, 0.2) is 42.5 Å². The number of aromatic amines is 1. The van der Waals surface area contributed by atoms with Crippen molar-refractivity contribution in [1.29, 1.82) is 0 Å². The SMILES string of the molecule is Cc1cccc(NC(=O)CNC(=O)COC(=O)c2n[nH]c3ccccc23)c1C. The van der Waals surface area contributed by atoms with Gasteiger partial charge in [-0.2, -0.15) is 5.10 Å². The lowest BCUT2D eigenvalue weighted by molar-refractivity contribution is -0.126. The predicted octanol–water partition coefficient (Wildman–Crippen LogP) is 2.09. The standard InChI is InChI=1S/C20H20N4O4/c1-12-6-5-9-15(13(12)2)22-17(25)10-21-18(26)11-28-20(27)19-14-7-3-4-8-16(14)23-24-19/h3-9H,10-11H2,1-2H3,(H,21,26)(H,22,25)(H,23,24). The molecule has 3 rings (SSSR count). The Morgan fingerprint density at radius 1 is 1.04 bits per heavy atom. The maximum absolute atomic E-state index is 12.1. The molecule has 8 heteroatoms. The Morgan fingerprint density at radius 3 is 2.64 bits per heavy atom. The van der Waals surface area contributed by atoms with Crippen molar-refractivity contribution in [2.45, 2.75) is 13.8 Å². The first-order valence-corrected chi connectivity index (χ1v) is 8.68. The van der Waals surface area contributed by atoms with Gasteiger partial charge in [0.25, 0.3) is 5.91 Å². The number of hydrogen-bond donors (Lipinski definition) is 3. The minimum atomic E-state index is -0.715. The van der Waals surface area contributed by atoms with Crippen LogP contribution in [0.25, 0.3) is 10.9 Å². The lowest BCUT2D eigenvalue weighted by Crippen LogP contribution is -2.35. The van der Waals surface area contributed by atoms with Gasteiger partial charge >= 0.3 is 5.97 Å². The summed E-state index contributed by atoms with van der Waals surface area (Å²) in [6.07, 6.45) is 0. The number of fused-ring (bicyclic) bond motifs is 1. The summed E-state index contributed by atoms with van der Waals surface area (Å²) in [5.41, 5.74) is 3.51. The number of carbonyl (C=O) groups is 3. The third-order valence-electron chi connectivity index (χ3n) is 4.32. The molecule has 0 radical (unpaired) electrons. The first-order valence-electron chi connectivity index (χ1n) is 8.68. The minimum Gasteiger partial charge on any atom is -0.451 e. The molecule has 0 saturated carbocycles. The Labute approximate surface area is 161 Å². The van der Waals surface area contributed by atoms with Gasteiger partial charge in [0, 0.05) is 11.1 Å². The van der Waals surface area contributed by atoms with Crippen molar-refractivity contribution in [2.75, 3.05) is 18.5 Å². The van der Waals surface area contributed by atoms with Gasteiger partial charge in [0.05, 0.1) is 12.1 Å². The number of ether oxygens (including phenoxy) is 1. The molecule has 8 nitrogen and oxygen atoms in total. The van der Waals surface area contributed by atoms with E-state index in [0.717, 1.165) is 11.1 Å². The summed E-state index contributed by atoms with van der Waals surface area (Å²) in [6.45, 7) is 3.12. The number of rotatable bonds is 6. The second kappa shape index (κ2) is 8.34. The third kappa shape index (κ3) is 4.35. The van der Waals surface area contributed by atoms with Crippen LogP contribution in [-0.2, 0) is 14.3 Å². The molecular formula is C20H20N4O4. The Bertz CT molecular complexity index is 1040. The largest absolute Gasteiger partial charge is 0.451 e. The molecule has 0 spiro atoms. The topological polar surface area (TPSA) is 113 Å². The van der Waals surface area contributed by atoms with Gasteiger partial charge in [-0.1, -0.05) is 30.3 Å². The molecule has 1 heterocycles. The molecule has 3 aromatic rings. The molecule has 1 aromatic heterocycles. The summed E-state index contributed by atoms with van der Waals surface area (Å²) in [7, 11) is 0. The number of amides is 2. The van der Waals surface area contributed by atoms with Gasteiger partial charge in [0.1, 0.15) is 0 Å². The molecule has 0 aliphatic carbocycles. The third-order valence-corrected chi connectivity index (χ3v) is 4.32. The monoisotopic (exact) mass is 380 g/mol. The zero-order valence-electron chi connectivity index (χ0n) is 15.5. The fraction of sp³-hybridized carbons (Fsp3) is 0.200. The van der Waals surface area contributed by atoms with E-state index in [1.807, 2.05) is 32.0 Å². The zero-order valence-corrected chi connectivity index (χ0v) is 15.5. The van der Waals surface area contributed by atoms with Crippen LogP contribution in [-0.4, -0.2) is 41.1 Å². The molecule has 28 heavy (non-hydrogen) atoms. The Balaban J connectivity index is 1.47. The fourth-order valence-corrected chi connectivity index (χ4v) is 2.63. The van der Waals surface area contributed by atoms with Gasteiger partial charge in [0.15, 0.2) is 12.3 Å². The van der Waals surface area contributed by atoms with Crippen molar-refractivity contribution in [2.24, 2.45) is 0 Å². The highest BCUT2D eigenvalue weighted by Gasteiger charge is 2.17. The first-order chi connectivity index (χ1) is 13.5. The number of nitrogens with zero attached hydrogens (tertiary/aromatic N) is 1. The summed E-state index contributed by atoms with van der Waals surface area (Å²) in [6, 6.07) is 12.7. The lowest BCUT2D eigenvalue weighted by atomic mass is 10.1. The molecule has 0 bridgehead atoms. The van der Waals surface area contributed by atoms with Gasteiger partial charge in [-0.15, -0.1) is 0 Å². The van der Waals surface area contributed by atoms with Crippen LogP contribution in [0.3, 0.4) is 0 Å². The molecular weight excluding hydrogens is 360 g/mol. The number of nitrogens with one attached hydrogen (secondary N) is 3. The number of anilines is 1. The second-order valence-electron chi connectivity index (χ2n) is 6.27. The van der Waals surface area contributed by atoms with Crippen LogP contribution in [0.5, 0.6) is 0 Å². The van der Waals surface area contributed by atoms with E-state index in [1.165, 1.54) is 0 Å². The normalized spacial score (nSPS) is 10.5. The van der Waals surface area contributed by atoms with Crippen LogP contribution >= 0.6 is 0 Å². The molecule has 0 aliphatic heterocycles. The van der Waals surface area contributed by atoms with E-state index in [-0.39, 0.29) is 18.1 Å². The van der Waals surface area contributed by atoms with Crippen molar-refractivity contribution in [3.05, 3.63) is 59.3 Å². The van der Waals surface area contributed by atoms with E-state index in [9.17, 15) is 14.4 Å². The highest BCUT2D eigenvalue weighted by molar-refractivity contribution is 6.02. The predicted molar refractivity (Wildman–Crippen MR) is 104 cm³/mol. The molecule has 144 valence electrons. The van der Waals surface area contributed by atoms with Crippen molar-refractivity contribution < 1.29 is 19.1 Å². The number of aryl methyl sites for hydroxylation is 1. The number of para-hydroxylation sites is 1. The van der Waals surface area contributed by atoms with Gasteiger partial charge in [0.2, 0.25) is 5.91 Å². The van der Waals surface area contributed by atoms with Crippen molar-refractivity contribution >= 4 is 34.4 Å². The average Bonchev–Trinajstić information content (AvgIpc) is 3.12. The first kappa shape index (κ1) is 19.1. The zero-order chi connectivity index (χ0) is 20.1. The number of benzene rings is 2. The quantitative estimate of drug-likeness (QED) is 0.567. The van der Waals surface area contributed by atoms with Gasteiger partial charge in [-0.25, -0.2) is 4.79 Å². The Kier molecular flexibility index (Phi) is 5.69. The fourth-order valence-electron chi connectivity index (χ4n) is 2.63. The molecule has 0 aliphatic rings. The van der Waals surface area contributed by atoms with Crippen LogP contribution in [0.4, 0.5) is 5.69 Å². The van der Waals surface area contributed by atoms with E-state index in [2.05, 4.69) is 20.8 Å². The summed E-state index contributed by atoms with van der Waals surface area (Å²) in [4.78, 5) is 36.0. The lowest BCUT2D eigenvalue weighted by Gasteiger charge is -2.11. The molecule has 2 aromatic carbocycles. The highest BCUT2D eigenvalue weighted by Crippen LogP contribution is 2.18. The molecule has 0 fully saturated rings. The highest BCUT2D eigenvalue weighted by atomic mass is 16.5. The minimum absolute atomic E-state index is 0.107. The molecule has 3 N–H and O–H groups in total. The summed E-state index contributed by atoms with van der Waals surface area (Å²) >= 11 is 0. The van der Waals surface area contributed by atoms with E-state index in [4.69, 9.17) is 4.74 Å². The van der Waals surface area contributed by atoms with Crippen LogP contribution < -0.4 is 10.6 Å². The van der Waals surface area contributed by atoms with Crippen molar-refractivity contribution in [3.63, 3.8) is 0 Å². The van der Waals surface area contributed by atoms with Crippen LogP contribution in [0.1, 0.15) is 21.6 Å². The molecule has 0 unspecified atom stereocenters. The van der Waals surface area contributed by atoms with Crippen molar-refractivity contribution in [3.8, 4) is 0 Å². The van der Waals surface area contributed by atoms with Gasteiger partial charge in [-0.3, -0.25) is 14.7 Å². The maximum Gasteiger partial charge on any atom is 0.359 e. The molecule has 0 saturated heterocycles. The smallest absolute Gasteiger partial charge is 0.359 e. The summed E-state index contributed by atoms with van der Waals surface area (Å²) < 4.78 is 4.98. The van der Waals surface area contributed by atoms with Crippen LogP contribution in [0.2, 0.25) is 0 Å². The summed E-state index contributed by atoms with van der Waals surface area (Å²) in [5, 5.41) is 12.4. The Hall–Kier alpha value is -3.68.